The Hall–Kier alpha value is -1.57. The number of nitrogens with zero attached hydrogens (tertiary/aromatic N) is 1. The number of hydrogen-bond acceptors (Lipinski definition) is 2. The highest BCUT2D eigenvalue weighted by Crippen LogP contribution is 2.62. The Bertz CT molecular complexity index is 560. The maximum absolute atomic E-state index is 5.40. The first-order valence-corrected chi connectivity index (χ1v) is 6.89. The van der Waals surface area contributed by atoms with Crippen molar-refractivity contribution in [1.29, 1.82) is 0 Å². The molecule has 0 amide bonds. The number of hydrogen-bond donors (Lipinski definition) is 0. The Morgan fingerprint density at radius 1 is 1.28 bits per heavy atom. The van der Waals surface area contributed by atoms with E-state index in [1.807, 2.05) is 0 Å². The molecule has 2 saturated carbocycles. The van der Waals surface area contributed by atoms with Gasteiger partial charge in [-0.2, -0.15) is 0 Å². The third kappa shape index (κ3) is 1.45. The highest BCUT2D eigenvalue weighted by Gasteiger charge is 2.55. The van der Waals surface area contributed by atoms with Crippen LogP contribution in [0.4, 0.5) is 0 Å². The molecular formula is C16H17NO. The summed E-state index contributed by atoms with van der Waals surface area (Å²) in [6.45, 7) is 0. The lowest BCUT2D eigenvalue weighted by atomic mass is 9.82. The predicted molar refractivity (Wildman–Crippen MR) is 70.2 cm³/mol. The predicted octanol–water partition coefficient (Wildman–Crippen LogP) is 4.17. The van der Waals surface area contributed by atoms with E-state index >= 15 is 0 Å². The van der Waals surface area contributed by atoms with Crippen molar-refractivity contribution < 1.29 is 4.42 Å². The minimum Gasteiger partial charge on any atom is -0.445 e. The summed E-state index contributed by atoms with van der Waals surface area (Å²) in [6, 6.07) is 8.81. The molecule has 4 rings (SSSR count). The van der Waals surface area contributed by atoms with E-state index in [0.29, 0.717) is 5.41 Å². The first-order valence-electron chi connectivity index (χ1n) is 6.89. The van der Waals surface area contributed by atoms with Gasteiger partial charge in [-0.05, 0) is 48.3 Å². The second kappa shape index (κ2) is 3.71. The normalized spacial score (nSPS) is 29.9. The fourth-order valence-corrected chi connectivity index (χ4v) is 3.72. The molecular weight excluding hydrogens is 222 g/mol. The van der Waals surface area contributed by atoms with Gasteiger partial charge in [-0.1, -0.05) is 25.0 Å². The van der Waals surface area contributed by atoms with Crippen molar-refractivity contribution in [2.45, 2.75) is 37.5 Å². The molecule has 0 radical (unpaired) electrons. The van der Waals surface area contributed by atoms with Crippen molar-refractivity contribution in [2.24, 2.45) is 5.92 Å². The monoisotopic (exact) mass is 239 g/mol. The first kappa shape index (κ1) is 10.4. The lowest BCUT2D eigenvalue weighted by molar-refractivity contribution is 0.428. The largest absolute Gasteiger partial charge is 0.445 e. The summed E-state index contributed by atoms with van der Waals surface area (Å²) in [4.78, 5) is 4.24. The molecule has 2 unspecified atom stereocenters. The molecule has 1 heterocycles. The van der Waals surface area contributed by atoms with Crippen LogP contribution in [-0.4, -0.2) is 4.98 Å². The van der Waals surface area contributed by atoms with E-state index < -0.39 is 0 Å². The summed E-state index contributed by atoms with van der Waals surface area (Å²) in [5.74, 6) is 1.67. The minimum atomic E-state index is 0.501. The summed E-state index contributed by atoms with van der Waals surface area (Å²) in [5.41, 5.74) is 3.12. The average Bonchev–Trinajstić information content (AvgIpc) is 2.93. The number of benzene rings is 1. The summed E-state index contributed by atoms with van der Waals surface area (Å²) in [6.07, 6.45) is 10.3. The van der Waals surface area contributed by atoms with Crippen molar-refractivity contribution >= 4 is 0 Å². The van der Waals surface area contributed by atoms with Crippen LogP contribution in [0.1, 0.15) is 37.7 Å². The lowest BCUT2D eigenvalue weighted by Gasteiger charge is -2.22. The molecule has 2 aliphatic carbocycles. The molecule has 0 saturated heterocycles. The van der Waals surface area contributed by atoms with E-state index in [9.17, 15) is 0 Å². The molecule has 0 spiro atoms. The highest BCUT2D eigenvalue weighted by molar-refractivity contribution is 5.56. The van der Waals surface area contributed by atoms with Crippen molar-refractivity contribution in [1.82, 2.24) is 4.98 Å². The number of fused-ring (bicyclic) bond motifs is 1. The second-order valence-electron chi connectivity index (χ2n) is 5.72. The van der Waals surface area contributed by atoms with E-state index in [0.717, 1.165) is 17.4 Å². The standard InChI is InChI=1S/C16H17NO/c1-2-7-16(11-14(16)5-1)13-6-3-4-12(10-13)15-17-8-9-18-15/h3-4,6,8-10,14H,1-2,5,7,11H2. The van der Waals surface area contributed by atoms with Gasteiger partial charge < -0.3 is 4.42 Å². The molecule has 0 bridgehead atoms. The van der Waals surface area contributed by atoms with Gasteiger partial charge in [-0.25, -0.2) is 4.98 Å². The molecule has 2 aliphatic rings. The van der Waals surface area contributed by atoms with Gasteiger partial charge in [0.1, 0.15) is 6.26 Å². The van der Waals surface area contributed by atoms with Crippen molar-refractivity contribution in [3.63, 3.8) is 0 Å². The van der Waals surface area contributed by atoms with Gasteiger partial charge in [0.05, 0.1) is 6.20 Å². The molecule has 1 aromatic heterocycles. The molecule has 0 aliphatic heterocycles. The van der Waals surface area contributed by atoms with Crippen LogP contribution in [0.3, 0.4) is 0 Å². The molecule has 0 N–H and O–H groups in total. The number of aromatic nitrogens is 1. The van der Waals surface area contributed by atoms with Crippen LogP contribution in [-0.2, 0) is 5.41 Å². The lowest BCUT2D eigenvalue weighted by Crippen LogP contribution is -2.14. The molecule has 92 valence electrons. The minimum absolute atomic E-state index is 0.501. The van der Waals surface area contributed by atoms with Gasteiger partial charge in [0.2, 0.25) is 5.89 Å². The Kier molecular flexibility index (Phi) is 2.14. The molecule has 2 fully saturated rings. The quantitative estimate of drug-likeness (QED) is 0.786. The topological polar surface area (TPSA) is 26.0 Å². The number of oxazole rings is 1. The van der Waals surface area contributed by atoms with Crippen LogP contribution >= 0.6 is 0 Å². The maximum Gasteiger partial charge on any atom is 0.225 e. The molecule has 2 atom stereocenters. The number of rotatable bonds is 2. The van der Waals surface area contributed by atoms with Crippen LogP contribution in [0.15, 0.2) is 41.1 Å². The summed E-state index contributed by atoms with van der Waals surface area (Å²) in [7, 11) is 0. The van der Waals surface area contributed by atoms with E-state index in [-0.39, 0.29) is 0 Å². The first-order chi connectivity index (χ1) is 8.88. The Balaban J connectivity index is 1.72. The molecule has 2 nitrogen and oxygen atoms in total. The third-order valence-electron chi connectivity index (χ3n) is 4.77. The second-order valence-corrected chi connectivity index (χ2v) is 5.72. The summed E-state index contributed by atoms with van der Waals surface area (Å²) >= 11 is 0. The Morgan fingerprint density at radius 2 is 2.28 bits per heavy atom. The molecule has 2 heteroatoms. The Labute approximate surface area is 107 Å². The molecule has 2 aromatic rings. The van der Waals surface area contributed by atoms with E-state index in [1.165, 1.54) is 37.7 Å². The fourth-order valence-electron chi connectivity index (χ4n) is 3.72. The van der Waals surface area contributed by atoms with E-state index in [2.05, 4.69) is 29.2 Å². The third-order valence-corrected chi connectivity index (χ3v) is 4.77. The van der Waals surface area contributed by atoms with Crippen LogP contribution in [0.25, 0.3) is 11.5 Å². The Morgan fingerprint density at radius 3 is 3.11 bits per heavy atom. The maximum atomic E-state index is 5.40. The van der Waals surface area contributed by atoms with Gasteiger partial charge in [0, 0.05) is 5.56 Å². The van der Waals surface area contributed by atoms with Crippen LogP contribution in [0, 0.1) is 5.92 Å². The van der Waals surface area contributed by atoms with Crippen LogP contribution in [0.5, 0.6) is 0 Å². The molecule has 1 aromatic carbocycles. The van der Waals surface area contributed by atoms with Gasteiger partial charge in [-0.15, -0.1) is 0 Å². The van der Waals surface area contributed by atoms with Crippen LogP contribution in [0.2, 0.25) is 0 Å². The fraction of sp³-hybridized carbons (Fsp3) is 0.438. The van der Waals surface area contributed by atoms with Crippen molar-refractivity contribution in [3.05, 3.63) is 42.3 Å². The van der Waals surface area contributed by atoms with Gasteiger partial charge in [0.15, 0.2) is 0 Å². The zero-order valence-electron chi connectivity index (χ0n) is 10.4. The van der Waals surface area contributed by atoms with Crippen LogP contribution < -0.4 is 0 Å². The smallest absolute Gasteiger partial charge is 0.225 e. The zero-order chi connectivity index (χ0) is 12.0. The van der Waals surface area contributed by atoms with E-state index in [1.54, 1.807) is 12.5 Å². The van der Waals surface area contributed by atoms with Gasteiger partial charge in [0.25, 0.3) is 0 Å². The van der Waals surface area contributed by atoms with Gasteiger partial charge >= 0.3 is 0 Å². The highest BCUT2D eigenvalue weighted by atomic mass is 16.3. The summed E-state index contributed by atoms with van der Waals surface area (Å²) in [5, 5.41) is 0. The average molecular weight is 239 g/mol. The zero-order valence-corrected chi connectivity index (χ0v) is 10.4. The van der Waals surface area contributed by atoms with Crippen molar-refractivity contribution in [3.8, 4) is 11.5 Å². The molecule has 18 heavy (non-hydrogen) atoms. The SMILES string of the molecule is c1cc(-c2ncco2)cc(C23CCCCC2C3)c1. The van der Waals surface area contributed by atoms with Gasteiger partial charge in [-0.3, -0.25) is 0 Å². The summed E-state index contributed by atoms with van der Waals surface area (Å²) < 4.78 is 5.40. The van der Waals surface area contributed by atoms with Crippen molar-refractivity contribution in [2.75, 3.05) is 0 Å². The van der Waals surface area contributed by atoms with E-state index in [4.69, 9.17) is 4.42 Å².